The quantitative estimate of drug-likeness (QED) is 0.744. The maximum absolute atomic E-state index is 6.01. The van der Waals surface area contributed by atoms with Gasteiger partial charge in [0, 0.05) is 18.4 Å². The first-order valence-electron chi connectivity index (χ1n) is 5.09. The molecule has 0 unspecified atom stereocenters. The summed E-state index contributed by atoms with van der Waals surface area (Å²) < 4.78 is 6.01. The first-order valence-corrected chi connectivity index (χ1v) is 9.39. The van der Waals surface area contributed by atoms with Gasteiger partial charge in [0.2, 0.25) is 0 Å². The molecule has 0 aromatic heterocycles. The van der Waals surface area contributed by atoms with Crippen LogP contribution in [0, 0.1) is 0 Å². The molecule has 2 N–H and O–H groups in total. The van der Waals surface area contributed by atoms with E-state index in [4.69, 9.17) is 10.2 Å². The van der Waals surface area contributed by atoms with Crippen LogP contribution in [-0.4, -0.2) is 33.0 Å². The zero-order valence-electron chi connectivity index (χ0n) is 10.4. The molecule has 0 fully saturated rings. The van der Waals surface area contributed by atoms with Crippen molar-refractivity contribution in [2.45, 2.75) is 44.9 Å². The summed E-state index contributed by atoms with van der Waals surface area (Å²) in [5.74, 6) is 0.981. The number of nitrogens with two attached hydrogens (primary N) is 1. The van der Waals surface area contributed by atoms with E-state index in [0.717, 1.165) is 5.75 Å². The molecule has 0 saturated heterocycles. The Kier molecular flexibility index (Phi) is 5.73. The molecular formula is C10H25NOSSi. The van der Waals surface area contributed by atoms with E-state index < -0.39 is 8.32 Å². The summed E-state index contributed by atoms with van der Waals surface area (Å²) in [5.41, 5.74) is 5.91. The summed E-state index contributed by atoms with van der Waals surface area (Å²) in [7, 11) is -1.59. The third kappa shape index (κ3) is 4.82. The van der Waals surface area contributed by atoms with Gasteiger partial charge in [0.1, 0.15) is 0 Å². The molecule has 86 valence electrons. The van der Waals surface area contributed by atoms with Crippen LogP contribution in [0.25, 0.3) is 0 Å². The van der Waals surface area contributed by atoms with Crippen LogP contribution in [0.5, 0.6) is 0 Å². The summed E-state index contributed by atoms with van der Waals surface area (Å²) in [6.45, 7) is 12.0. The van der Waals surface area contributed by atoms with Crippen molar-refractivity contribution in [3.05, 3.63) is 0 Å². The lowest BCUT2D eigenvalue weighted by Gasteiger charge is -2.36. The number of rotatable bonds is 5. The highest BCUT2D eigenvalue weighted by Crippen LogP contribution is 2.36. The second kappa shape index (κ2) is 5.54. The van der Waals surface area contributed by atoms with E-state index in [2.05, 4.69) is 40.1 Å². The molecule has 0 saturated carbocycles. The van der Waals surface area contributed by atoms with Gasteiger partial charge < -0.3 is 10.2 Å². The van der Waals surface area contributed by atoms with Crippen molar-refractivity contribution in [2.75, 3.05) is 18.6 Å². The molecule has 0 aliphatic rings. The van der Waals surface area contributed by atoms with Gasteiger partial charge in [0.25, 0.3) is 0 Å². The predicted octanol–water partition coefficient (Wildman–Crippen LogP) is 2.70. The fourth-order valence-corrected chi connectivity index (χ4v) is 2.38. The van der Waals surface area contributed by atoms with Gasteiger partial charge in [-0.15, -0.1) is 0 Å². The molecule has 4 heteroatoms. The Bertz CT molecular complexity index is 168. The third-order valence-electron chi connectivity index (χ3n) is 2.85. The van der Waals surface area contributed by atoms with Crippen LogP contribution in [0.1, 0.15) is 20.8 Å². The molecule has 0 heterocycles. The van der Waals surface area contributed by atoms with Gasteiger partial charge in [-0.05, 0) is 24.4 Å². The van der Waals surface area contributed by atoms with Crippen molar-refractivity contribution in [1.29, 1.82) is 0 Å². The van der Waals surface area contributed by atoms with Crippen molar-refractivity contribution in [3.63, 3.8) is 0 Å². The number of hydrogen-bond donors (Lipinski definition) is 1. The standard InChI is InChI=1S/C10H25NOSSi/c1-10(2,3)14(5,6)12-7-9(11)8-13-4/h9H,7-8,11H2,1-6H3/t9-/m1/s1. The van der Waals surface area contributed by atoms with E-state index in [-0.39, 0.29) is 11.1 Å². The summed E-state index contributed by atoms with van der Waals surface area (Å²) in [4.78, 5) is 0. The van der Waals surface area contributed by atoms with Gasteiger partial charge in [-0.3, -0.25) is 0 Å². The minimum absolute atomic E-state index is 0.180. The fourth-order valence-electron chi connectivity index (χ4n) is 0.794. The maximum atomic E-state index is 6.01. The topological polar surface area (TPSA) is 35.2 Å². The monoisotopic (exact) mass is 235 g/mol. The van der Waals surface area contributed by atoms with Crippen LogP contribution in [0.2, 0.25) is 18.1 Å². The average Bonchev–Trinajstić information content (AvgIpc) is 1.99. The van der Waals surface area contributed by atoms with Crippen molar-refractivity contribution in [1.82, 2.24) is 0 Å². The van der Waals surface area contributed by atoms with E-state index in [1.807, 2.05) is 0 Å². The number of thioether (sulfide) groups is 1. The minimum Gasteiger partial charge on any atom is -0.415 e. The lowest BCUT2D eigenvalue weighted by atomic mass is 10.2. The highest BCUT2D eigenvalue weighted by molar-refractivity contribution is 7.98. The van der Waals surface area contributed by atoms with Gasteiger partial charge in [0.15, 0.2) is 8.32 Å². The molecular weight excluding hydrogens is 210 g/mol. The highest BCUT2D eigenvalue weighted by Gasteiger charge is 2.37. The molecule has 1 atom stereocenters. The molecule has 0 aromatic rings. The first-order chi connectivity index (χ1) is 6.20. The van der Waals surface area contributed by atoms with Gasteiger partial charge >= 0.3 is 0 Å². The van der Waals surface area contributed by atoms with Crippen molar-refractivity contribution in [3.8, 4) is 0 Å². The molecule has 0 aliphatic heterocycles. The van der Waals surface area contributed by atoms with E-state index in [1.165, 1.54) is 0 Å². The Morgan fingerprint density at radius 2 is 1.86 bits per heavy atom. The maximum Gasteiger partial charge on any atom is 0.192 e. The van der Waals surface area contributed by atoms with Gasteiger partial charge in [0.05, 0.1) is 0 Å². The second-order valence-electron chi connectivity index (χ2n) is 5.29. The van der Waals surface area contributed by atoms with Crippen LogP contribution >= 0.6 is 11.8 Å². The summed E-state index contributed by atoms with van der Waals surface area (Å²) >= 11 is 1.78. The van der Waals surface area contributed by atoms with E-state index in [9.17, 15) is 0 Å². The third-order valence-corrected chi connectivity index (χ3v) is 8.11. The molecule has 0 aromatic carbocycles. The minimum atomic E-state index is -1.59. The zero-order chi connectivity index (χ0) is 11.4. The lowest BCUT2D eigenvalue weighted by molar-refractivity contribution is 0.271. The molecule has 2 nitrogen and oxygen atoms in total. The van der Waals surface area contributed by atoms with Gasteiger partial charge in [-0.1, -0.05) is 20.8 Å². The Morgan fingerprint density at radius 3 is 2.21 bits per heavy atom. The molecule has 0 amide bonds. The Morgan fingerprint density at radius 1 is 1.36 bits per heavy atom. The summed E-state index contributed by atoms with van der Waals surface area (Å²) in [5, 5.41) is 0.284. The van der Waals surface area contributed by atoms with Gasteiger partial charge in [-0.2, -0.15) is 11.8 Å². The summed E-state index contributed by atoms with van der Waals surface area (Å²) in [6.07, 6.45) is 2.08. The first kappa shape index (κ1) is 14.5. The Balaban J connectivity index is 3.99. The van der Waals surface area contributed by atoms with Crippen LogP contribution in [0.3, 0.4) is 0 Å². The normalized spacial score (nSPS) is 15.6. The Hall–Kier alpha value is 0.487. The molecule has 14 heavy (non-hydrogen) atoms. The van der Waals surface area contributed by atoms with Crippen LogP contribution in [-0.2, 0) is 4.43 Å². The smallest absolute Gasteiger partial charge is 0.192 e. The lowest BCUT2D eigenvalue weighted by Crippen LogP contribution is -2.44. The molecule has 0 aliphatic carbocycles. The molecule has 0 spiro atoms. The van der Waals surface area contributed by atoms with Crippen LogP contribution < -0.4 is 5.73 Å². The van der Waals surface area contributed by atoms with E-state index in [1.54, 1.807) is 11.8 Å². The molecule has 0 rings (SSSR count). The van der Waals surface area contributed by atoms with E-state index >= 15 is 0 Å². The molecule has 0 radical (unpaired) electrons. The fraction of sp³-hybridized carbons (Fsp3) is 1.00. The Labute approximate surface area is 94.1 Å². The van der Waals surface area contributed by atoms with E-state index in [0.29, 0.717) is 6.61 Å². The zero-order valence-corrected chi connectivity index (χ0v) is 12.2. The number of hydrogen-bond acceptors (Lipinski definition) is 3. The van der Waals surface area contributed by atoms with Gasteiger partial charge in [-0.25, -0.2) is 0 Å². The highest BCUT2D eigenvalue weighted by atomic mass is 32.2. The average molecular weight is 235 g/mol. The largest absolute Gasteiger partial charge is 0.415 e. The van der Waals surface area contributed by atoms with Crippen LogP contribution in [0.4, 0.5) is 0 Å². The van der Waals surface area contributed by atoms with Crippen molar-refractivity contribution in [2.24, 2.45) is 5.73 Å². The van der Waals surface area contributed by atoms with Crippen molar-refractivity contribution >= 4 is 20.1 Å². The molecule has 0 bridgehead atoms. The summed E-state index contributed by atoms with van der Waals surface area (Å²) in [6, 6.07) is 0.180. The van der Waals surface area contributed by atoms with Crippen LogP contribution in [0.15, 0.2) is 0 Å². The van der Waals surface area contributed by atoms with Crippen molar-refractivity contribution < 1.29 is 4.43 Å². The second-order valence-corrected chi connectivity index (χ2v) is 11.0. The SMILES string of the molecule is CSC[C@H](N)CO[Si](C)(C)C(C)(C)C. The predicted molar refractivity (Wildman–Crippen MR) is 69.5 cm³/mol.